The molecule has 0 aromatic heterocycles. The minimum atomic E-state index is 0.875. The van der Waals surface area contributed by atoms with Crippen LogP contribution in [0.25, 0.3) is 0 Å². The van der Waals surface area contributed by atoms with Gasteiger partial charge in [0.2, 0.25) is 0 Å². The fourth-order valence-electron chi connectivity index (χ4n) is 2.62. The number of nitrogens with zero attached hydrogens (tertiary/aromatic N) is 1. The lowest BCUT2D eigenvalue weighted by Crippen LogP contribution is -2.39. The maximum atomic E-state index is 2.70. The topological polar surface area (TPSA) is 3.24 Å². The van der Waals surface area contributed by atoms with Crippen LogP contribution in [0.5, 0.6) is 0 Å². The minimum Gasteiger partial charge on any atom is -0.300 e. The summed E-state index contributed by atoms with van der Waals surface area (Å²) >= 11 is 0. The summed E-state index contributed by atoms with van der Waals surface area (Å²) < 4.78 is 0. The second-order valence-corrected chi connectivity index (χ2v) is 4.28. The average Bonchev–Trinajstić information content (AvgIpc) is 2.14. The van der Waals surface area contributed by atoms with E-state index in [2.05, 4.69) is 11.8 Å². The molecule has 0 amide bonds. The van der Waals surface area contributed by atoms with Crippen molar-refractivity contribution in [2.75, 3.05) is 13.1 Å². The first-order valence-corrected chi connectivity index (χ1v) is 5.10. The van der Waals surface area contributed by atoms with Crippen molar-refractivity contribution >= 4 is 0 Å². The first-order chi connectivity index (χ1) is 5.36. The van der Waals surface area contributed by atoms with E-state index in [9.17, 15) is 0 Å². The lowest BCUT2D eigenvalue weighted by Gasteiger charge is -2.33. The molecule has 0 aromatic rings. The van der Waals surface area contributed by atoms with Crippen LogP contribution in [0.4, 0.5) is 0 Å². The number of piperidine rings is 1. The predicted molar refractivity (Wildman–Crippen MR) is 47.6 cm³/mol. The molecule has 0 aromatic carbocycles. The Morgan fingerprint density at radius 2 is 1.91 bits per heavy atom. The van der Waals surface area contributed by atoms with Crippen molar-refractivity contribution < 1.29 is 0 Å². The molecule has 64 valence electrons. The smallest absolute Gasteiger partial charge is 0.00670 e. The quantitative estimate of drug-likeness (QED) is 0.516. The summed E-state index contributed by atoms with van der Waals surface area (Å²) in [4.78, 5) is 2.70. The molecule has 0 saturated carbocycles. The van der Waals surface area contributed by atoms with Crippen LogP contribution in [0.2, 0.25) is 0 Å². The zero-order chi connectivity index (χ0) is 7.68. The summed E-state index contributed by atoms with van der Waals surface area (Å²) in [7, 11) is 0. The third-order valence-electron chi connectivity index (χ3n) is 3.41. The highest BCUT2D eigenvalue weighted by molar-refractivity contribution is 4.80. The molecule has 2 bridgehead atoms. The highest BCUT2D eigenvalue weighted by Crippen LogP contribution is 2.28. The van der Waals surface area contributed by atoms with Crippen LogP contribution in [0.15, 0.2) is 0 Å². The van der Waals surface area contributed by atoms with E-state index in [1.807, 2.05) is 0 Å². The van der Waals surface area contributed by atoms with Gasteiger partial charge in [0.1, 0.15) is 0 Å². The third-order valence-corrected chi connectivity index (χ3v) is 3.41. The second-order valence-electron chi connectivity index (χ2n) is 4.28. The SMILES string of the molecule is CC1CCCC2CCCN1C2. The zero-order valence-corrected chi connectivity index (χ0v) is 7.55. The molecule has 3 unspecified atom stereocenters. The summed E-state index contributed by atoms with van der Waals surface area (Å²) in [6, 6.07) is 0.875. The molecule has 0 N–H and O–H groups in total. The van der Waals surface area contributed by atoms with Crippen LogP contribution < -0.4 is 0 Å². The molecule has 2 aliphatic heterocycles. The number of fused-ring (bicyclic) bond motifs is 2. The Hall–Kier alpha value is -0.0400. The molecule has 1 heteroatoms. The number of hydrogen-bond donors (Lipinski definition) is 0. The highest BCUT2D eigenvalue weighted by Gasteiger charge is 2.25. The summed E-state index contributed by atoms with van der Waals surface area (Å²) in [6.07, 6.45) is 7.37. The maximum absolute atomic E-state index is 2.70. The third kappa shape index (κ3) is 1.58. The summed E-state index contributed by atoms with van der Waals surface area (Å²) in [5.74, 6) is 1.05. The van der Waals surface area contributed by atoms with Gasteiger partial charge in [-0.3, -0.25) is 0 Å². The van der Waals surface area contributed by atoms with Crippen molar-refractivity contribution in [2.24, 2.45) is 5.92 Å². The number of rotatable bonds is 0. The molecule has 3 atom stereocenters. The van der Waals surface area contributed by atoms with E-state index in [1.165, 1.54) is 45.2 Å². The van der Waals surface area contributed by atoms with Crippen LogP contribution in [0.1, 0.15) is 39.0 Å². The highest BCUT2D eigenvalue weighted by atomic mass is 15.2. The van der Waals surface area contributed by atoms with Crippen LogP contribution in [-0.4, -0.2) is 24.0 Å². The summed E-state index contributed by atoms with van der Waals surface area (Å²) in [6.45, 7) is 5.17. The Labute approximate surface area is 69.8 Å². The van der Waals surface area contributed by atoms with Gasteiger partial charge in [0.25, 0.3) is 0 Å². The normalized spacial score (nSPS) is 45.0. The van der Waals surface area contributed by atoms with E-state index in [1.54, 1.807) is 0 Å². The predicted octanol–water partition coefficient (Wildman–Crippen LogP) is 2.27. The molecule has 0 spiro atoms. The van der Waals surface area contributed by atoms with Gasteiger partial charge in [-0.25, -0.2) is 0 Å². The van der Waals surface area contributed by atoms with Gasteiger partial charge in [-0.15, -0.1) is 0 Å². The van der Waals surface area contributed by atoms with Crippen molar-refractivity contribution in [3.63, 3.8) is 0 Å². The molecular formula is C10H19N. The van der Waals surface area contributed by atoms with Crippen molar-refractivity contribution in [3.05, 3.63) is 0 Å². The Kier molecular flexibility index (Phi) is 2.17. The monoisotopic (exact) mass is 153 g/mol. The fourth-order valence-corrected chi connectivity index (χ4v) is 2.62. The lowest BCUT2D eigenvalue weighted by atomic mass is 9.95. The summed E-state index contributed by atoms with van der Waals surface area (Å²) in [5.41, 5.74) is 0. The average molecular weight is 153 g/mol. The largest absolute Gasteiger partial charge is 0.300 e. The van der Waals surface area contributed by atoms with E-state index < -0.39 is 0 Å². The van der Waals surface area contributed by atoms with Gasteiger partial charge in [-0.2, -0.15) is 0 Å². The molecule has 2 fully saturated rings. The second kappa shape index (κ2) is 3.14. The van der Waals surface area contributed by atoms with Gasteiger partial charge in [-0.05, 0) is 45.1 Å². The Balaban J connectivity index is 2.02. The molecule has 2 aliphatic rings. The molecule has 11 heavy (non-hydrogen) atoms. The van der Waals surface area contributed by atoms with E-state index in [4.69, 9.17) is 0 Å². The van der Waals surface area contributed by atoms with E-state index in [0.29, 0.717) is 0 Å². The van der Waals surface area contributed by atoms with Crippen molar-refractivity contribution in [2.45, 2.75) is 45.1 Å². The molecule has 2 saturated heterocycles. The molecule has 0 aliphatic carbocycles. The standard InChI is InChI=1S/C10H19N/c1-9-4-2-5-10-6-3-7-11(9)8-10/h9-10H,2-8H2,1H3. The van der Waals surface area contributed by atoms with Crippen LogP contribution in [-0.2, 0) is 0 Å². The van der Waals surface area contributed by atoms with Gasteiger partial charge < -0.3 is 4.90 Å². The molecule has 0 radical (unpaired) electrons. The van der Waals surface area contributed by atoms with Crippen LogP contribution in [0.3, 0.4) is 0 Å². The first kappa shape index (κ1) is 7.60. The fraction of sp³-hybridized carbons (Fsp3) is 1.00. The molecule has 2 rings (SSSR count). The van der Waals surface area contributed by atoms with Crippen molar-refractivity contribution in [1.82, 2.24) is 4.90 Å². The molecule has 2 heterocycles. The molecule has 1 nitrogen and oxygen atoms in total. The molecular weight excluding hydrogens is 134 g/mol. The Bertz CT molecular complexity index is 131. The van der Waals surface area contributed by atoms with Gasteiger partial charge >= 0.3 is 0 Å². The first-order valence-electron chi connectivity index (χ1n) is 5.10. The Morgan fingerprint density at radius 3 is 2.82 bits per heavy atom. The van der Waals surface area contributed by atoms with Gasteiger partial charge in [-0.1, -0.05) is 6.42 Å². The minimum absolute atomic E-state index is 0.875. The maximum Gasteiger partial charge on any atom is 0.00670 e. The van der Waals surface area contributed by atoms with Crippen molar-refractivity contribution in [3.8, 4) is 0 Å². The lowest BCUT2D eigenvalue weighted by molar-refractivity contribution is 0.147. The zero-order valence-electron chi connectivity index (χ0n) is 7.55. The van der Waals surface area contributed by atoms with Crippen LogP contribution in [0, 0.1) is 5.92 Å². The van der Waals surface area contributed by atoms with E-state index in [-0.39, 0.29) is 0 Å². The van der Waals surface area contributed by atoms with Gasteiger partial charge in [0, 0.05) is 12.6 Å². The number of hydrogen-bond acceptors (Lipinski definition) is 1. The van der Waals surface area contributed by atoms with Gasteiger partial charge in [0.05, 0.1) is 0 Å². The van der Waals surface area contributed by atoms with E-state index in [0.717, 1.165) is 12.0 Å². The van der Waals surface area contributed by atoms with Crippen molar-refractivity contribution in [1.29, 1.82) is 0 Å². The Morgan fingerprint density at radius 1 is 1.09 bits per heavy atom. The van der Waals surface area contributed by atoms with E-state index >= 15 is 0 Å². The van der Waals surface area contributed by atoms with Crippen LogP contribution >= 0.6 is 0 Å². The van der Waals surface area contributed by atoms with Gasteiger partial charge in [0.15, 0.2) is 0 Å². The summed E-state index contributed by atoms with van der Waals surface area (Å²) in [5, 5.41) is 0.